The summed E-state index contributed by atoms with van der Waals surface area (Å²) in [5.41, 5.74) is 8.70. The molecule has 2 N–H and O–H groups in total. The molecule has 0 amide bonds. The van der Waals surface area contributed by atoms with Crippen LogP contribution in [-0.4, -0.2) is 45.6 Å². The molecule has 4 aromatic rings. The zero-order chi connectivity index (χ0) is 28.4. The van der Waals surface area contributed by atoms with Crippen LogP contribution in [-0.2, 0) is 19.5 Å². The van der Waals surface area contributed by atoms with Crippen molar-refractivity contribution in [1.82, 2.24) is 24.8 Å². The van der Waals surface area contributed by atoms with Gasteiger partial charge in [0.1, 0.15) is 17.7 Å². The van der Waals surface area contributed by atoms with E-state index >= 15 is 4.39 Å². The highest BCUT2D eigenvalue weighted by Gasteiger charge is 2.47. The highest BCUT2D eigenvalue weighted by atomic mass is 19.1. The van der Waals surface area contributed by atoms with Gasteiger partial charge in [-0.25, -0.2) is 14.4 Å². The molecule has 7 nitrogen and oxygen atoms in total. The topological polar surface area (TPSA) is 61.3 Å². The summed E-state index contributed by atoms with van der Waals surface area (Å²) in [6.45, 7) is 14.7. The van der Waals surface area contributed by atoms with Gasteiger partial charge in [0.05, 0.1) is 12.0 Å². The van der Waals surface area contributed by atoms with Gasteiger partial charge in [0.15, 0.2) is 0 Å². The quantitative estimate of drug-likeness (QED) is 0.308. The smallest absolute Gasteiger partial charge is 0.130 e. The molecule has 2 aromatic heterocycles. The fourth-order valence-electron chi connectivity index (χ4n) is 7.11. The number of nitrogens with zero attached hydrogens (tertiary/aromatic N) is 5. The number of imidazole rings is 1. The van der Waals surface area contributed by atoms with Crippen LogP contribution in [0.3, 0.4) is 0 Å². The first-order chi connectivity index (χ1) is 20.5. The zero-order valence-corrected chi connectivity index (χ0v) is 23.6. The Morgan fingerprint density at radius 1 is 1.05 bits per heavy atom. The number of anilines is 2. The summed E-state index contributed by atoms with van der Waals surface area (Å²) < 4.78 is 18.0. The van der Waals surface area contributed by atoms with Gasteiger partial charge in [0.25, 0.3) is 0 Å². The number of aromatic nitrogens is 3. The molecule has 212 valence electrons. The maximum atomic E-state index is 15.8. The van der Waals surface area contributed by atoms with Crippen molar-refractivity contribution in [1.29, 1.82) is 0 Å². The SMILES string of the molecule is C=C(Nc1ccccn1)C(c1ncn2c1CCC2)N1Cc2c(F)cc(-c3ccc(N4CC5(CNC5)C4)cc3)cc2C1=C. The van der Waals surface area contributed by atoms with Crippen molar-refractivity contribution in [3.63, 3.8) is 0 Å². The Kier molecular flexibility index (Phi) is 5.76. The highest BCUT2D eigenvalue weighted by molar-refractivity contribution is 5.77. The molecule has 0 bridgehead atoms. The molecule has 1 spiro atoms. The van der Waals surface area contributed by atoms with Crippen molar-refractivity contribution in [3.8, 4) is 11.1 Å². The molecule has 2 fully saturated rings. The second-order valence-corrected chi connectivity index (χ2v) is 12.2. The maximum absolute atomic E-state index is 15.8. The van der Waals surface area contributed by atoms with Gasteiger partial charge in [0.2, 0.25) is 0 Å². The Morgan fingerprint density at radius 2 is 1.88 bits per heavy atom. The van der Waals surface area contributed by atoms with E-state index in [1.165, 1.54) is 11.4 Å². The van der Waals surface area contributed by atoms with Crippen LogP contribution < -0.4 is 15.5 Å². The van der Waals surface area contributed by atoms with Gasteiger partial charge in [-0.2, -0.15) is 0 Å². The Bertz CT molecular complexity index is 1700. The first-order valence-electron chi connectivity index (χ1n) is 14.7. The molecule has 4 aliphatic rings. The average Bonchev–Trinajstić information content (AvgIpc) is 3.65. The van der Waals surface area contributed by atoms with Gasteiger partial charge < -0.3 is 25.0 Å². The number of fused-ring (bicyclic) bond motifs is 2. The third-order valence-corrected chi connectivity index (χ3v) is 9.45. The molecule has 1 unspecified atom stereocenters. The number of pyridine rings is 1. The number of benzene rings is 2. The molecule has 0 radical (unpaired) electrons. The highest BCUT2D eigenvalue weighted by Crippen LogP contribution is 2.45. The normalized spacial score (nSPS) is 18.8. The minimum atomic E-state index is -0.325. The van der Waals surface area contributed by atoms with Crippen molar-refractivity contribution in [2.75, 3.05) is 36.4 Å². The summed E-state index contributed by atoms with van der Waals surface area (Å²) in [6, 6.07) is 17.7. The van der Waals surface area contributed by atoms with Crippen LogP contribution in [0, 0.1) is 11.2 Å². The summed E-state index contributed by atoms with van der Waals surface area (Å²) in [7, 11) is 0. The van der Waals surface area contributed by atoms with Crippen LogP contribution in [0.25, 0.3) is 16.8 Å². The third kappa shape index (κ3) is 4.04. The van der Waals surface area contributed by atoms with E-state index < -0.39 is 0 Å². The Labute approximate surface area is 245 Å². The lowest BCUT2D eigenvalue weighted by Gasteiger charge is -2.57. The summed E-state index contributed by atoms with van der Waals surface area (Å²) in [5, 5.41) is 6.79. The molecule has 8 heteroatoms. The fourth-order valence-corrected chi connectivity index (χ4v) is 7.11. The predicted molar refractivity (Wildman–Crippen MR) is 164 cm³/mol. The van der Waals surface area contributed by atoms with Crippen molar-refractivity contribution in [2.24, 2.45) is 5.41 Å². The minimum Gasteiger partial charge on any atom is -0.370 e. The van der Waals surface area contributed by atoms with E-state index in [9.17, 15) is 0 Å². The lowest BCUT2D eigenvalue weighted by molar-refractivity contribution is 0.121. The third-order valence-electron chi connectivity index (χ3n) is 9.45. The molecule has 0 saturated carbocycles. The molecular formula is C34H34FN7. The van der Waals surface area contributed by atoms with Gasteiger partial charge >= 0.3 is 0 Å². The second-order valence-electron chi connectivity index (χ2n) is 12.2. The van der Waals surface area contributed by atoms with E-state index in [1.807, 2.05) is 24.5 Å². The zero-order valence-electron chi connectivity index (χ0n) is 23.6. The summed E-state index contributed by atoms with van der Waals surface area (Å²) in [5.74, 6) is 0.495. The van der Waals surface area contributed by atoms with Crippen molar-refractivity contribution in [2.45, 2.75) is 32.0 Å². The Hall–Kier alpha value is -4.43. The molecule has 2 saturated heterocycles. The lowest BCUT2D eigenvalue weighted by atomic mass is 9.74. The van der Waals surface area contributed by atoms with Crippen LogP contribution in [0.5, 0.6) is 0 Å². The van der Waals surface area contributed by atoms with E-state index in [-0.39, 0.29) is 11.9 Å². The number of aryl methyl sites for hydroxylation is 1. The lowest BCUT2D eigenvalue weighted by Crippen LogP contribution is -2.71. The first-order valence-corrected chi connectivity index (χ1v) is 14.7. The molecular weight excluding hydrogens is 525 g/mol. The number of hydrogen-bond donors (Lipinski definition) is 2. The molecule has 42 heavy (non-hydrogen) atoms. The van der Waals surface area contributed by atoms with Gasteiger partial charge in [0, 0.05) is 84.8 Å². The first kappa shape index (κ1) is 25.3. The van der Waals surface area contributed by atoms with E-state index in [0.29, 0.717) is 23.3 Å². The minimum absolute atomic E-state index is 0.213. The number of hydrogen-bond acceptors (Lipinski definition) is 6. The summed E-state index contributed by atoms with van der Waals surface area (Å²) in [4.78, 5) is 13.8. The summed E-state index contributed by atoms with van der Waals surface area (Å²) in [6.07, 6.45) is 5.71. The van der Waals surface area contributed by atoms with Gasteiger partial charge in [-0.15, -0.1) is 0 Å². The second kappa shape index (κ2) is 9.56. The van der Waals surface area contributed by atoms with Crippen LogP contribution >= 0.6 is 0 Å². The fraction of sp³-hybridized carbons (Fsp3) is 0.294. The molecule has 0 aliphatic carbocycles. The van der Waals surface area contributed by atoms with Gasteiger partial charge in [-0.1, -0.05) is 31.4 Å². The molecule has 1 atom stereocenters. The van der Waals surface area contributed by atoms with E-state index in [2.05, 4.69) is 73.5 Å². The van der Waals surface area contributed by atoms with Crippen molar-refractivity contribution < 1.29 is 4.39 Å². The Morgan fingerprint density at radius 3 is 2.62 bits per heavy atom. The van der Waals surface area contributed by atoms with E-state index in [4.69, 9.17) is 4.98 Å². The standard InChI is InChI=1S/C34H34FN7/c1-22(39-31-7-3-4-12-37-31)33(32-30-6-5-13-40(30)21-38-32)42-16-28-27(23(42)2)14-25(15-29(28)35)24-8-10-26(11-9-24)41-19-34(20-41)17-36-18-34/h3-4,7-12,14-15,21,33,36H,1-2,5-6,13,16-20H2,(H,37,39). The van der Waals surface area contributed by atoms with E-state index in [0.717, 1.165) is 79.3 Å². The van der Waals surface area contributed by atoms with Gasteiger partial charge in [-0.05, 0) is 60.4 Å². The van der Waals surface area contributed by atoms with Crippen LogP contribution in [0.4, 0.5) is 15.9 Å². The van der Waals surface area contributed by atoms with Crippen LogP contribution in [0.2, 0.25) is 0 Å². The largest absolute Gasteiger partial charge is 0.370 e. The number of rotatable bonds is 7. The van der Waals surface area contributed by atoms with Crippen molar-refractivity contribution >= 4 is 17.2 Å². The maximum Gasteiger partial charge on any atom is 0.130 e. The monoisotopic (exact) mass is 559 g/mol. The average molecular weight is 560 g/mol. The molecule has 8 rings (SSSR count). The molecule has 6 heterocycles. The molecule has 2 aromatic carbocycles. The van der Waals surface area contributed by atoms with Crippen LogP contribution in [0.15, 0.2) is 86.0 Å². The van der Waals surface area contributed by atoms with Crippen LogP contribution in [0.1, 0.15) is 35.0 Å². The van der Waals surface area contributed by atoms with Gasteiger partial charge in [-0.3, -0.25) is 0 Å². The number of nitrogens with one attached hydrogen (secondary N) is 2. The summed E-state index contributed by atoms with van der Waals surface area (Å²) >= 11 is 0. The van der Waals surface area contributed by atoms with E-state index in [1.54, 1.807) is 12.3 Å². The predicted octanol–water partition coefficient (Wildman–Crippen LogP) is 5.59. The Balaban J connectivity index is 1.09. The number of halogens is 1. The molecule has 4 aliphatic heterocycles. The van der Waals surface area contributed by atoms with Crippen molar-refractivity contribution in [3.05, 3.63) is 114 Å².